The van der Waals surface area contributed by atoms with Crippen LogP contribution in [0, 0.1) is 22.7 Å². The molecular weight excluding hydrogens is 492 g/mol. The Kier molecular flexibility index (Phi) is 7.18. The topological polar surface area (TPSA) is 120 Å². The Morgan fingerprint density at radius 2 is 1.62 bits per heavy atom. The predicted molar refractivity (Wildman–Crippen MR) is 103 cm³/mol. The van der Waals surface area contributed by atoms with Crippen LogP contribution in [-0.2, 0) is 16.0 Å². The highest BCUT2D eigenvalue weighted by atomic mass is 32.2. The SMILES string of the molecule is CC(C#N)(COc1ccc(C#N)cc1C(F)(F)F)NC(=O)c1ccc(S(=O)(=O)C(F)(F)F)cc1. The molecule has 7 nitrogen and oxygen atoms in total. The van der Waals surface area contributed by atoms with Crippen LogP contribution in [0.1, 0.15) is 28.4 Å². The second kappa shape index (κ2) is 9.23. The van der Waals surface area contributed by atoms with E-state index in [0.717, 1.165) is 31.2 Å². The fraction of sp³-hybridized carbons (Fsp3) is 0.250. The summed E-state index contributed by atoms with van der Waals surface area (Å²) in [5.41, 5.74) is -9.33. The molecule has 0 radical (unpaired) electrons. The average Bonchev–Trinajstić information content (AvgIpc) is 2.76. The van der Waals surface area contributed by atoms with Gasteiger partial charge in [0.2, 0.25) is 0 Å². The van der Waals surface area contributed by atoms with Crippen molar-refractivity contribution in [3.05, 3.63) is 59.2 Å². The second-order valence-corrected chi connectivity index (χ2v) is 8.92. The van der Waals surface area contributed by atoms with Gasteiger partial charge in [-0.1, -0.05) is 0 Å². The van der Waals surface area contributed by atoms with Crippen LogP contribution >= 0.6 is 0 Å². The Morgan fingerprint density at radius 1 is 1.03 bits per heavy atom. The summed E-state index contributed by atoms with van der Waals surface area (Å²) in [5, 5.41) is 20.4. The molecule has 0 fully saturated rings. The maximum atomic E-state index is 13.3. The van der Waals surface area contributed by atoms with Crippen molar-refractivity contribution in [2.24, 2.45) is 0 Å². The number of ether oxygens (including phenoxy) is 1. The number of rotatable bonds is 6. The summed E-state index contributed by atoms with van der Waals surface area (Å²) >= 11 is 0. The molecule has 1 amide bonds. The number of carbonyl (C=O) groups is 1. The molecule has 0 aliphatic carbocycles. The predicted octanol–water partition coefficient (Wildman–Crippen LogP) is 3.96. The van der Waals surface area contributed by atoms with E-state index in [9.17, 15) is 44.8 Å². The van der Waals surface area contributed by atoms with Crippen molar-refractivity contribution in [2.75, 3.05) is 6.61 Å². The van der Waals surface area contributed by atoms with Gasteiger partial charge in [-0.3, -0.25) is 4.79 Å². The van der Waals surface area contributed by atoms with Gasteiger partial charge in [-0.25, -0.2) is 8.42 Å². The van der Waals surface area contributed by atoms with Crippen molar-refractivity contribution >= 4 is 15.7 Å². The minimum atomic E-state index is -5.64. The Balaban J connectivity index is 2.21. The molecular formula is C20H13F6N3O4S. The quantitative estimate of drug-likeness (QED) is 0.594. The number of hydrogen-bond donors (Lipinski definition) is 1. The molecule has 2 rings (SSSR count). The van der Waals surface area contributed by atoms with Crippen molar-refractivity contribution in [3.8, 4) is 17.9 Å². The van der Waals surface area contributed by atoms with Gasteiger partial charge >= 0.3 is 11.7 Å². The van der Waals surface area contributed by atoms with Gasteiger partial charge < -0.3 is 10.1 Å². The van der Waals surface area contributed by atoms with Gasteiger partial charge in [-0.15, -0.1) is 0 Å². The van der Waals surface area contributed by atoms with Crippen LogP contribution in [-0.4, -0.2) is 32.0 Å². The van der Waals surface area contributed by atoms with Crippen LogP contribution < -0.4 is 10.1 Å². The Labute approximate surface area is 189 Å². The Morgan fingerprint density at radius 3 is 2.09 bits per heavy atom. The van der Waals surface area contributed by atoms with E-state index in [1.54, 1.807) is 12.1 Å². The van der Waals surface area contributed by atoms with Crippen LogP contribution in [0.4, 0.5) is 26.3 Å². The molecule has 0 saturated heterocycles. The second-order valence-electron chi connectivity index (χ2n) is 6.98. The number of alkyl halides is 6. The molecule has 0 bridgehead atoms. The van der Waals surface area contributed by atoms with Crippen LogP contribution in [0.2, 0.25) is 0 Å². The number of halogens is 6. The minimum Gasteiger partial charge on any atom is -0.489 e. The van der Waals surface area contributed by atoms with E-state index < -0.39 is 55.8 Å². The number of benzene rings is 2. The number of hydrogen-bond acceptors (Lipinski definition) is 6. The molecule has 1 N–H and O–H groups in total. The fourth-order valence-electron chi connectivity index (χ4n) is 2.51. The minimum absolute atomic E-state index is 0.285. The lowest BCUT2D eigenvalue weighted by atomic mass is 10.0. The molecule has 0 saturated carbocycles. The van der Waals surface area contributed by atoms with Crippen LogP contribution in [0.3, 0.4) is 0 Å². The average molecular weight is 505 g/mol. The highest BCUT2D eigenvalue weighted by Gasteiger charge is 2.46. The lowest BCUT2D eigenvalue weighted by molar-refractivity contribution is -0.139. The van der Waals surface area contributed by atoms with Crippen molar-refractivity contribution in [1.29, 1.82) is 10.5 Å². The monoisotopic (exact) mass is 505 g/mol. The first-order valence-electron chi connectivity index (χ1n) is 8.93. The van der Waals surface area contributed by atoms with E-state index in [1.807, 2.05) is 0 Å². The molecule has 0 heterocycles. The zero-order valence-electron chi connectivity index (χ0n) is 17.0. The van der Waals surface area contributed by atoms with E-state index in [4.69, 9.17) is 10.00 Å². The molecule has 34 heavy (non-hydrogen) atoms. The van der Waals surface area contributed by atoms with E-state index in [1.165, 1.54) is 0 Å². The highest BCUT2D eigenvalue weighted by Crippen LogP contribution is 2.37. The summed E-state index contributed by atoms with van der Waals surface area (Å²) in [4.78, 5) is 11.3. The highest BCUT2D eigenvalue weighted by molar-refractivity contribution is 7.92. The normalized spacial score (nSPS) is 13.8. The lowest BCUT2D eigenvalue weighted by Crippen LogP contribution is -2.49. The summed E-state index contributed by atoms with van der Waals surface area (Å²) in [5.74, 6) is -1.73. The van der Waals surface area contributed by atoms with Crippen molar-refractivity contribution < 1.29 is 44.3 Å². The third kappa shape index (κ3) is 5.77. The smallest absolute Gasteiger partial charge is 0.489 e. The summed E-state index contributed by atoms with van der Waals surface area (Å²) in [7, 11) is -5.64. The number of carbonyl (C=O) groups excluding carboxylic acids is 1. The zero-order valence-corrected chi connectivity index (χ0v) is 17.8. The standard InChI is InChI=1S/C20H13F6N3O4S/c1-18(10-28,11-33-16-7-2-12(9-27)8-15(16)19(21,22)23)29-17(30)13-3-5-14(6-4-13)34(31,32)20(24,25)26/h2-8H,11H2,1H3,(H,29,30). The maximum Gasteiger partial charge on any atom is 0.501 e. The van der Waals surface area contributed by atoms with Gasteiger partial charge in [-0.05, 0) is 49.4 Å². The van der Waals surface area contributed by atoms with Gasteiger partial charge in [0, 0.05) is 5.56 Å². The number of nitriles is 2. The van der Waals surface area contributed by atoms with Crippen LogP contribution in [0.15, 0.2) is 47.4 Å². The van der Waals surface area contributed by atoms with Crippen LogP contribution in [0.25, 0.3) is 0 Å². The lowest BCUT2D eigenvalue weighted by Gasteiger charge is -2.24. The molecule has 0 aliphatic rings. The van der Waals surface area contributed by atoms with Gasteiger partial charge in [0.25, 0.3) is 15.7 Å². The fourth-order valence-corrected chi connectivity index (χ4v) is 3.27. The third-order valence-electron chi connectivity index (χ3n) is 4.30. The maximum absolute atomic E-state index is 13.3. The third-order valence-corrected chi connectivity index (χ3v) is 5.80. The Hall–Kier alpha value is -3.78. The molecule has 2 aromatic carbocycles. The van der Waals surface area contributed by atoms with E-state index in [-0.39, 0.29) is 11.1 Å². The molecule has 0 aromatic heterocycles. The number of nitrogens with zero attached hydrogens (tertiary/aromatic N) is 2. The van der Waals surface area contributed by atoms with Gasteiger partial charge in [0.1, 0.15) is 12.4 Å². The molecule has 2 aromatic rings. The first-order valence-corrected chi connectivity index (χ1v) is 10.4. The molecule has 0 aliphatic heterocycles. The van der Waals surface area contributed by atoms with Gasteiger partial charge in [0.15, 0.2) is 5.54 Å². The van der Waals surface area contributed by atoms with Crippen molar-refractivity contribution in [2.45, 2.75) is 29.0 Å². The van der Waals surface area contributed by atoms with E-state index >= 15 is 0 Å². The summed E-state index contributed by atoms with van der Waals surface area (Å²) < 4.78 is 105. The van der Waals surface area contributed by atoms with E-state index in [2.05, 4.69) is 5.32 Å². The molecule has 1 atom stereocenters. The summed E-state index contributed by atoms with van der Waals surface area (Å²) in [6.45, 7) is 0.342. The van der Waals surface area contributed by atoms with E-state index in [0.29, 0.717) is 18.2 Å². The number of sulfone groups is 1. The van der Waals surface area contributed by atoms with Gasteiger partial charge in [-0.2, -0.15) is 36.9 Å². The Bertz CT molecular complexity index is 1280. The van der Waals surface area contributed by atoms with Crippen molar-refractivity contribution in [1.82, 2.24) is 5.32 Å². The largest absolute Gasteiger partial charge is 0.501 e. The molecule has 0 spiro atoms. The number of nitrogens with one attached hydrogen (secondary N) is 1. The first kappa shape index (κ1) is 26.5. The number of amides is 1. The first-order chi connectivity index (χ1) is 15.5. The molecule has 1 unspecified atom stereocenters. The summed E-state index contributed by atoms with van der Waals surface area (Å²) in [6, 6.07) is 8.32. The zero-order chi connectivity index (χ0) is 25.9. The van der Waals surface area contributed by atoms with Gasteiger partial charge in [0.05, 0.1) is 28.2 Å². The molecule has 14 heteroatoms. The van der Waals surface area contributed by atoms with Crippen molar-refractivity contribution in [3.63, 3.8) is 0 Å². The van der Waals surface area contributed by atoms with Crippen LogP contribution in [0.5, 0.6) is 5.75 Å². The summed E-state index contributed by atoms with van der Waals surface area (Å²) in [6.07, 6.45) is -4.88. The molecule has 180 valence electrons.